The van der Waals surface area contributed by atoms with E-state index in [4.69, 9.17) is 14.6 Å². The molecule has 2 aromatic rings. The Morgan fingerprint density at radius 3 is 2.60 bits per heavy atom. The van der Waals surface area contributed by atoms with Gasteiger partial charge in [0, 0.05) is 24.8 Å². The fourth-order valence-electron chi connectivity index (χ4n) is 3.09. The number of likely N-dealkylation sites (tertiary alicyclic amines) is 1. The number of amides is 1. The topological polar surface area (TPSA) is 71.9 Å². The summed E-state index contributed by atoms with van der Waals surface area (Å²) in [6.07, 6.45) is 2.38. The number of carbonyl (C=O) groups is 1. The summed E-state index contributed by atoms with van der Waals surface area (Å²) < 4.78 is 11.7. The van der Waals surface area contributed by atoms with Crippen LogP contribution in [0.2, 0.25) is 0 Å². The van der Waals surface area contributed by atoms with Gasteiger partial charge in [0.05, 0.1) is 6.61 Å². The van der Waals surface area contributed by atoms with Gasteiger partial charge < -0.3 is 19.5 Å². The molecule has 1 fully saturated rings. The third-order valence-corrected chi connectivity index (χ3v) is 4.36. The Labute approximate surface area is 147 Å². The highest BCUT2D eigenvalue weighted by Gasteiger charge is 2.26. The molecule has 132 valence electrons. The highest BCUT2D eigenvalue weighted by Crippen LogP contribution is 2.37. The van der Waals surface area contributed by atoms with Crippen LogP contribution in [0.15, 0.2) is 42.6 Å². The quantitative estimate of drug-likeness (QED) is 0.884. The molecule has 1 aromatic heterocycles. The van der Waals surface area contributed by atoms with Crippen LogP contribution in [-0.4, -0.2) is 40.8 Å². The zero-order chi connectivity index (χ0) is 17.6. The van der Waals surface area contributed by atoms with Crippen molar-refractivity contribution in [1.82, 2.24) is 9.88 Å². The van der Waals surface area contributed by atoms with Crippen LogP contribution in [0.25, 0.3) is 0 Å². The maximum atomic E-state index is 11.1. The molecule has 0 radical (unpaired) electrons. The Bertz CT molecular complexity index is 727. The zero-order valence-corrected chi connectivity index (χ0v) is 14.2. The molecule has 2 heterocycles. The van der Waals surface area contributed by atoms with E-state index in [9.17, 15) is 4.79 Å². The van der Waals surface area contributed by atoms with Crippen LogP contribution in [0.4, 0.5) is 4.79 Å². The molecule has 6 heteroatoms. The third kappa shape index (κ3) is 4.02. The zero-order valence-electron chi connectivity index (χ0n) is 14.2. The number of para-hydroxylation sites is 2. The number of pyridine rings is 1. The molecule has 1 aromatic carbocycles. The summed E-state index contributed by atoms with van der Waals surface area (Å²) in [6.45, 7) is 3.55. The summed E-state index contributed by atoms with van der Waals surface area (Å²) in [6, 6.07) is 11.4. The third-order valence-electron chi connectivity index (χ3n) is 4.36. The first-order chi connectivity index (χ1) is 12.2. The summed E-state index contributed by atoms with van der Waals surface area (Å²) >= 11 is 0. The monoisotopic (exact) mass is 342 g/mol. The second kappa shape index (κ2) is 7.88. The van der Waals surface area contributed by atoms with Crippen molar-refractivity contribution in [2.24, 2.45) is 0 Å². The molecule has 1 aliphatic rings. The van der Waals surface area contributed by atoms with E-state index in [0.717, 1.165) is 18.4 Å². The van der Waals surface area contributed by atoms with E-state index in [1.807, 2.05) is 43.3 Å². The summed E-state index contributed by atoms with van der Waals surface area (Å²) in [4.78, 5) is 16.9. The van der Waals surface area contributed by atoms with Crippen LogP contribution in [0, 0.1) is 0 Å². The lowest BCUT2D eigenvalue weighted by molar-refractivity contribution is 0.132. The van der Waals surface area contributed by atoms with Gasteiger partial charge in [0.1, 0.15) is 0 Å². The van der Waals surface area contributed by atoms with Crippen molar-refractivity contribution >= 4 is 6.09 Å². The number of carboxylic acid groups (broad SMARTS) is 1. The van der Waals surface area contributed by atoms with Gasteiger partial charge in [-0.25, -0.2) is 9.78 Å². The van der Waals surface area contributed by atoms with E-state index < -0.39 is 6.09 Å². The second-order valence-electron chi connectivity index (χ2n) is 5.92. The lowest BCUT2D eigenvalue weighted by atomic mass is 9.90. The van der Waals surface area contributed by atoms with Crippen molar-refractivity contribution in [3.8, 4) is 17.4 Å². The van der Waals surface area contributed by atoms with Crippen molar-refractivity contribution < 1.29 is 19.4 Å². The molecule has 25 heavy (non-hydrogen) atoms. The first-order valence-electron chi connectivity index (χ1n) is 8.51. The second-order valence-corrected chi connectivity index (χ2v) is 5.92. The smallest absolute Gasteiger partial charge is 0.407 e. The fraction of sp³-hybridized carbons (Fsp3) is 0.368. The number of rotatable bonds is 5. The van der Waals surface area contributed by atoms with E-state index in [0.29, 0.717) is 37.1 Å². The maximum Gasteiger partial charge on any atom is 0.407 e. The molecule has 0 atom stereocenters. The Hall–Kier alpha value is -2.76. The number of hydrogen-bond donors (Lipinski definition) is 1. The number of nitrogens with zero attached hydrogens (tertiary/aromatic N) is 2. The molecular formula is C19H22N2O4. The highest BCUT2D eigenvalue weighted by molar-refractivity contribution is 5.65. The average Bonchev–Trinajstić information content (AvgIpc) is 2.64. The summed E-state index contributed by atoms with van der Waals surface area (Å²) in [5, 5.41) is 9.10. The molecule has 1 saturated heterocycles. The molecule has 0 aliphatic carbocycles. The summed E-state index contributed by atoms with van der Waals surface area (Å²) in [5.74, 6) is 2.11. The van der Waals surface area contributed by atoms with Crippen molar-refractivity contribution in [3.05, 3.63) is 48.2 Å². The number of piperidine rings is 1. The van der Waals surface area contributed by atoms with Crippen molar-refractivity contribution in [1.29, 1.82) is 0 Å². The molecular weight excluding hydrogens is 320 g/mol. The minimum Gasteiger partial charge on any atom is -0.490 e. The van der Waals surface area contributed by atoms with Crippen LogP contribution < -0.4 is 9.47 Å². The van der Waals surface area contributed by atoms with Gasteiger partial charge in [-0.15, -0.1) is 0 Å². The molecule has 6 nitrogen and oxygen atoms in total. The number of aromatic nitrogens is 1. The Morgan fingerprint density at radius 1 is 1.20 bits per heavy atom. The molecule has 1 amide bonds. The molecule has 3 rings (SSSR count). The van der Waals surface area contributed by atoms with Gasteiger partial charge in [-0.1, -0.05) is 18.2 Å². The van der Waals surface area contributed by atoms with Gasteiger partial charge in [-0.05, 0) is 43.9 Å². The van der Waals surface area contributed by atoms with E-state index in [-0.39, 0.29) is 5.92 Å². The van der Waals surface area contributed by atoms with Crippen LogP contribution in [0.1, 0.15) is 31.2 Å². The number of benzene rings is 1. The molecule has 0 bridgehead atoms. The normalized spacial score (nSPS) is 15.0. The summed E-state index contributed by atoms with van der Waals surface area (Å²) in [7, 11) is 0. The van der Waals surface area contributed by atoms with E-state index in [1.54, 1.807) is 6.20 Å². The average molecular weight is 342 g/mol. The van der Waals surface area contributed by atoms with Crippen LogP contribution in [0.3, 0.4) is 0 Å². The molecule has 1 aliphatic heterocycles. The minimum absolute atomic E-state index is 0.235. The van der Waals surface area contributed by atoms with E-state index >= 15 is 0 Å². The predicted octanol–water partition coefficient (Wildman–Crippen LogP) is 4.13. The predicted molar refractivity (Wildman–Crippen MR) is 93.5 cm³/mol. The summed E-state index contributed by atoms with van der Waals surface area (Å²) in [5.41, 5.74) is 1.01. The van der Waals surface area contributed by atoms with E-state index in [1.165, 1.54) is 4.90 Å². The first-order valence-corrected chi connectivity index (χ1v) is 8.51. The van der Waals surface area contributed by atoms with Crippen molar-refractivity contribution in [2.75, 3.05) is 19.7 Å². The lowest BCUT2D eigenvalue weighted by Gasteiger charge is -2.30. The van der Waals surface area contributed by atoms with Crippen LogP contribution in [0.5, 0.6) is 17.4 Å². The van der Waals surface area contributed by atoms with Gasteiger partial charge in [-0.2, -0.15) is 0 Å². The minimum atomic E-state index is -0.855. The van der Waals surface area contributed by atoms with Crippen LogP contribution >= 0.6 is 0 Å². The fourth-order valence-corrected chi connectivity index (χ4v) is 3.09. The van der Waals surface area contributed by atoms with Gasteiger partial charge in [0.15, 0.2) is 11.5 Å². The number of hydrogen-bond acceptors (Lipinski definition) is 4. The standard InChI is InChI=1S/C19H22N2O4/c1-2-24-16-7-3-4-8-17(16)25-18-15(6-5-11-20-18)14-9-12-21(13-10-14)19(22)23/h3-8,11,14H,2,9-10,12-13H2,1H3,(H,22,23). The first kappa shape index (κ1) is 17.1. The lowest BCUT2D eigenvalue weighted by Crippen LogP contribution is -2.36. The maximum absolute atomic E-state index is 11.1. The van der Waals surface area contributed by atoms with Crippen LogP contribution in [-0.2, 0) is 0 Å². The van der Waals surface area contributed by atoms with Crippen molar-refractivity contribution in [3.63, 3.8) is 0 Å². The van der Waals surface area contributed by atoms with Gasteiger partial charge in [0.25, 0.3) is 0 Å². The van der Waals surface area contributed by atoms with Crippen molar-refractivity contribution in [2.45, 2.75) is 25.7 Å². The molecule has 0 saturated carbocycles. The highest BCUT2D eigenvalue weighted by atomic mass is 16.5. The Balaban J connectivity index is 1.79. The molecule has 0 spiro atoms. The van der Waals surface area contributed by atoms with Gasteiger partial charge in [0.2, 0.25) is 5.88 Å². The molecule has 1 N–H and O–H groups in total. The van der Waals surface area contributed by atoms with Gasteiger partial charge in [-0.3, -0.25) is 0 Å². The SMILES string of the molecule is CCOc1ccccc1Oc1ncccc1C1CCN(C(=O)O)CC1. The largest absolute Gasteiger partial charge is 0.490 e. The Morgan fingerprint density at radius 2 is 1.92 bits per heavy atom. The van der Waals surface area contributed by atoms with Gasteiger partial charge >= 0.3 is 6.09 Å². The Kier molecular flexibility index (Phi) is 5.38. The number of ether oxygens (including phenoxy) is 2. The molecule has 0 unspecified atom stereocenters. The van der Waals surface area contributed by atoms with E-state index in [2.05, 4.69) is 4.98 Å².